The highest BCUT2D eigenvalue weighted by atomic mass is 32.1. The van der Waals surface area contributed by atoms with Crippen molar-refractivity contribution in [3.05, 3.63) is 53.6 Å². The Morgan fingerprint density at radius 3 is 2.37 bits per heavy atom. The lowest BCUT2D eigenvalue weighted by molar-refractivity contribution is -0.115. The van der Waals surface area contributed by atoms with Gasteiger partial charge >= 0.3 is 0 Å². The Bertz CT molecular complexity index is 902. The Morgan fingerprint density at radius 2 is 1.67 bits per heavy atom. The molecular weight excluding hydrogens is 402 g/mol. The summed E-state index contributed by atoms with van der Waals surface area (Å²) in [5.41, 5.74) is 2.57. The monoisotopic (exact) mass is 429 g/mol. The maximum Gasteiger partial charge on any atom is 0.261 e. The predicted octanol–water partition coefficient (Wildman–Crippen LogP) is 3.89. The standard InChI is InChI=1S/C22H27N3O4S/c1-4-20(26)23-17-10-8-11-18(15(17)3)24-22(30)25-21(27)16-9-6-7-12-19(16)29-14-13-28-5-2/h6-12H,4-5,13-14H2,1-3H3,(H,23,26)(H2,24,25,27,30). The van der Waals surface area contributed by atoms with Gasteiger partial charge in [0.15, 0.2) is 5.11 Å². The van der Waals surface area contributed by atoms with E-state index in [9.17, 15) is 9.59 Å². The fourth-order valence-corrected chi connectivity index (χ4v) is 2.81. The van der Waals surface area contributed by atoms with E-state index in [0.717, 1.165) is 5.56 Å². The molecule has 0 heterocycles. The molecule has 0 bridgehead atoms. The first-order valence-corrected chi connectivity index (χ1v) is 10.2. The molecule has 30 heavy (non-hydrogen) atoms. The number of nitrogens with one attached hydrogen (secondary N) is 3. The van der Waals surface area contributed by atoms with Crippen molar-refractivity contribution in [2.24, 2.45) is 0 Å². The number of amides is 2. The highest BCUT2D eigenvalue weighted by Gasteiger charge is 2.14. The number of benzene rings is 2. The van der Waals surface area contributed by atoms with E-state index in [4.69, 9.17) is 21.7 Å². The van der Waals surface area contributed by atoms with Crippen LogP contribution in [0.25, 0.3) is 0 Å². The summed E-state index contributed by atoms with van der Waals surface area (Å²) in [4.78, 5) is 24.4. The first-order valence-electron chi connectivity index (χ1n) is 9.77. The van der Waals surface area contributed by atoms with Crippen LogP contribution in [0.5, 0.6) is 5.75 Å². The lowest BCUT2D eigenvalue weighted by Gasteiger charge is -2.16. The fraction of sp³-hybridized carbons (Fsp3) is 0.318. The van der Waals surface area contributed by atoms with Crippen LogP contribution in [0.15, 0.2) is 42.5 Å². The summed E-state index contributed by atoms with van der Waals surface area (Å²) in [5.74, 6) is -0.00219. The largest absolute Gasteiger partial charge is 0.490 e. The summed E-state index contributed by atoms with van der Waals surface area (Å²) in [7, 11) is 0. The molecule has 0 saturated carbocycles. The van der Waals surface area contributed by atoms with Crippen LogP contribution >= 0.6 is 12.2 Å². The Morgan fingerprint density at radius 1 is 0.967 bits per heavy atom. The quantitative estimate of drug-likeness (QED) is 0.414. The summed E-state index contributed by atoms with van der Waals surface area (Å²) in [5, 5.41) is 8.66. The molecule has 2 aromatic rings. The normalized spacial score (nSPS) is 10.2. The van der Waals surface area contributed by atoms with Gasteiger partial charge in [-0.1, -0.05) is 25.1 Å². The molecule has 2 amide bonds. The van der Waals surface area contributed by atoms with Crippen LogP contribution in [-0.2, 0) is 9.53 Å². The van der Waals surface area contributed by atoms with Crippen molar-refractivity contribution in [2.75, 3.05) is 30.5 Å². The van der Waals surface area contributed by atoms with Crippen molar-refractivity contribution in [1.29, 1.82) is 0 Å². The Hall–Kier alpha value is -2.97. The number of anilines is 2. The molecule has 7 nitrogen and oxygen atoms in total. The zero-order valence-electron chi connectivity index (χ0n) is 17.4. The SMILES string of the molecule is CCOCCOc1ccccc1C(=O)NC(=S)Nc1cccc(NC(=O)CC)c1C. The second-order valence-corrected chi connectivity index (χ2v) is 6.74. The van der Waals surface area contributed by atoms with Crippen molar-refractivity contribution >= 4 is 40.5 Å². The molecule has 0 aromatic heterocycles. The molecule has 3 N–H and O–H groups in total. The lowest BCUT2D eigenvalue weighted by atomic mass is 10.1. The predicted molar refractivity (Wildman–Crippen MR) is 122 cm³/mol. The summed E-state index contributed by atoms with van der Waals surface area (Å²) in [6, 6.07) is 12.4. The van der Waals surface area contributed by atoms with E-state index >= 15 is 0 Å². The average Bonchev–Trinajstić information content (AvgIpc) is 2.74. The van der Waals surface area contributed by atoms with Crippen LogP contribution in [0.4, 0.5) is 11.4 Å². The number of carbonyl (C=O) groups is 2. The van der Waals surface area contributed by atoms with Gasteiger partial charge in [-0.25, -0.2) is 0 Å². The second-order valence-electron chi connectivity index (χ2n) is 6.33. The summed E-state index contributed by atoms with van der Waals surface area (Å²) in [6.45, 7) is 6.95. The minimum atomic E-state index is -0.382. The van der Waals surface area contributed by atoms with Crippen molar-refractivity contribution in [3.8, 4) is 5.75 Å². The number of para-hydroxylation sites is 1. The summed E-state index contributed by atoms with van der Waals surface area (Å²) in [6.07, 6.45) is 0.387. The molecule has 160 valence electrons. The number of hydrogen-bond acceptors (Lipinski definition) is 5. The van der Waals surface area contributed by atoms with Crippen LogP contribution in [0, 0.1) is 6.92 Å². The molecular formula is C22H27N3O4S. The van der Waals surface area contributed by atoms with E-state index in [1.807, 2.05) is 26.0 Å². The molecule has 0 aliphatic rings. The molecule has 0 atom stereocenters. The number of hydrogen-bond donors (Lipinski definition) is 3. The molecule has 0 radical (unpaired) electrons. The van der Waals surface area contributed by atoms with Crippen molar-refractivity contribution in [3.63, 3.8) is 0 Å². The molecule has 0 spiro atoms. The fourth-order valence-electron chi connectivity index (χ4n) is 2.60. The lowest BCUT2D eigenvalue weighted by Crippen LogP contribution is -2.34. The van der Waals surface area contributed by atoms with Gasteiger partial charge in [0, 0.05) is 24.4 Å². The highest BCUT2D eigenvalue weighted by molar-refractivity contribution is 7.80. The van der Waals surface area contributed by atoms with Gasteiger partial charge in [-0.3, -0.25) is 14.9 Å². The van der Waals surface area contributed by atoms with Gasteiger partial charge in [0.1, 0.15) is 12.4 Å². The number of ether oxygens (including phenoxy) is 2. The van der Waals surface area contributed by atoms with Crippen LogP contribution in [0.3, 0.4) is 0 Å². The number of carbonyl (C=O) groups excluding carboxylic acids is 2. The molecule has 2 rings (SSSR count). The van der Waals surface area contributed by atoms with Gasteiger partial charge in [-0.2, -0.15) is 0 Å². The Balaban J connectivity index is 2.03. The Labute approximate surface area is 182 Å². The third-order valence-corrected chi connectivity index (χ3v) is 4.43. The van der Waals surface area contributed by atoms with E-state index in [1.54, 1.807) is 37.3 Å². The number of thiocarbonyl (C=S) groups is 1. The van der Waals surface area contributed by atoms with Gasteiger partial charge < -0.3 is 20.1 Å². The van der Waals surface area contributed by atoms with Crippen LogP contribution < -0.4 is 20.7 Å². The van der Waals surface area contributed by atoms with Gasteiger partial charge in [-0.15, -0.1) is 0 Å². The van der Waals surface area contributed by atoms with Crippen molar-refractivity contribution in [2.45, 2.75) is 27.2 Å². The van der Waals surface area contributed by atoms with E-state index in [-0.39, 0.29) is 16.9 Å². The molecule has 0 saturated heterocycles. The second kappa shape index (κ2) is 11.9. The Kier molecular flexibility index (Phi) is 9.24. The minimum Gasteiger partial charge on any atom is -0.490 e. The van der Waals surface area contributed by atoms with Crippen LogP contribution in [-0.4, -0.2) is 36.7 Å². The smallest absolute Gasteiger partial charge is 0.261 e. The van der Waals surface area contributed by atoms with Gasteiger partial charge in [0.2, 0.25) is 5.91 Å². The first kappa shape index (κ1) is 23.3. The minimum absolute atomic E-state index is 0.0768. The molecule has 2 aromatic carbocycles. The van der Waals surface area contributed by atoms with E-state index in [2.05, 4.69) is 16.0 Å². The third kappa shape index (κ3) is 6.82. The van der Waals surface area contributed by atoms with Gasteiger partial charge in [0.25, 0.3) is 5.91 Å². The summed E-state index contributed by atoms with van der Waals surface area (Å²) < 4.78 is 10.9. The topological polar surface area (TPSA) is 88.7 Å². The molecule has 0 unspecified atom stereocenters. The van der Waals surface area contributed by atoms with Crippen molar-refractivity contribution < 1.29 is 19.1 Å². The third-order valence-electron chi connectivity index (χ3n) is 4.23. The number of rotatable bonds is 9. The van der Waals surface area contributed by atoms with Crippen molar-refractivity contribution in [1.82, 2.24) is 5.32 Å². The highest BCUT2D eigenvalue weighted by Crippen LogP contribution is 2.23. The van der Waals surface area contributed by atoms with E-state index < -0.39 is 0 Å². The first-order chi connectivity index (χ1) is 14.5. The van der Waals surface area contributed by atoms with Gasteiger partial charge in [-0.05, 0) is 55.9 Å². The van der Waals surface area contributed by atoms with Crippen LogP contribution in [0.1, 0.15) is 36.2 Å². The van der Waals surface area contributed by atoms with E-state index in [0.29, 0.717) is 48.9 Å². The zero-order valence-corrected chi connectivity index (χ0v) is 18.2. The maximum atomic E-state index is 12.7. The maximum absolute atomic E-state index is 12.7. The van der Waals surface area contributed by atoms with Gasteiger partial charge in [0.05, 0.1) is 12.2 Å². The molecule has 0 aliphatic carbocycles. The molecule has 8 heteroatoms. The average molecular weight is 430 g/mol. The van der Waals surface area contributed by atoms with Crippen LogP contribution in [0.2, 0.25) is 0 Å². The molecule has 0 aliphatic heterocycles. The molecule has 0 fully saturated rings. The zero-order chi connectivity index (χ0) is 21.9. The van der Waals surface area contributed by atoms with E-state index in [1.165, 1.54) is 0 Å². The summed E-state index contributed by atoms with van der Waals surface area (Å²) >= 11 is 5.30.